The predicted octanol–water partition coefficient (Wildman–Crippen LogP) is 6.63. The summed E-state index contributed by atoms with van der Waals surface area (Å²) in [5.74, 6) is 0. The lowest BCUT2D eigenvalue weighted by Crippen LogP contribution is -2.18. The van der Waals surface area contributed by atoms with Crippen LogP contribution in [0.5, 0.6) is 0 Å². The summed E-state index contributed by atoms with van der Waals surface area (Å²) in [6, 6.07) is 0. The fraction of sp³-hybridized carbons (Fsp3) is 0.810. The first-order chi connectivity index (χ1) is 11.8. The fourth-order valence-electron chi connectivity index (χ4n) is 2.78. The topological polar surface area (TPSA) is 18.5 Å². The average molecular weight is 355 g/mol. The van der Waals surface area contributed by atoms with E-state index in [0.29, 0.717) is 0 Å². The largest absolute Gasteiger partial charge is 0.397 e. The molecule has 1 unspecified atom stereocenters. The Kier molecular flexibility index (Phi) is 20.3. The summed E-state index contributed by atoms with van der Waals surface area (Å²) in [6.45, 7) is 6.84. The Hall–Kier alpha value is -0.383. The lowest BCUT2D eigenvalue weighted by atomic mass is 10.1. The van der Waals surface area contributed by atoms with Crippen molar-refractivity contribution in [3.63, 3.8) is 0 Å². The summed E-state index contributed by atoms with van der Waals surface area (Å²) in [5, 5.41) is 0. The number of unbranched alkanes of at least 4 members (excludes halogenated alkanes) is 12. The molecule has 0 heterocycles. The molecule has 142 valence electrons. The van der Waals surface area contributed by atoms with Crippen LogP contribution in [0.1, 0.15) is 96.8 Å². The van der Waals surface area contributed by atoms with E-state index in [1.165, 1.54) is 83.5 Å². The Morgan fingerprint density at radius 2 is 1.25 bits per heavy atom. The van der Waals surface area contributed by atoms with Crippen molar-refractivity contribution >= 4 is 9.28 Å². The molecular formula is C21H42O2Si. The van der Waals surface area contributed by atoms with Gasteiger partial charge in [0.2, 0.25) is 0 Å². The Morgan fingerprint density at radius 1 is 0.750 bits per heavy atom. The zero-order valence-electron chi connectivity index (χ0n) is 16.4. The van der Waals surface area contributed by atoms with E-state index in [9.17, 15) is 0 Å². The van der Waals surface area contributed by atoms with Gasteiger partial charge in [-0.15, -0.1) is 6.58 Å². The van der Waals surface area contributed by atoms with Gasteiger partial charge in [-0.3, -0.25) is 0 Å². The van der Waals surface area contributed by atoms with Gasteiger partial charge in [0.25, 0.3) is 0 Å². The van der Waals surface area contributed by atoms with E-state index >= 15 is 0 Å². The summed E-state index contributed by atoms with van der Waals surface area (Å²) in [6.07, 6.45) is 23.6. The van der Waals surface area contributed by atoms with E-state index in [4.69, 9.17) is 8.85 Å². The van der Waals surface area contributed by atoms with Crippen LogP contribution in [-0.4, -0.2) is 23.0 Å². The molecule has 2 nitrogen and oxygen atoms in total. The molecular weight excluding hydrogens is 312 g/mol. The maximum absolute atomic E-state index is 5.65. The van der Waals surface area contributed by atoms with Crippen LogP contribution in [0.2, 0.25) is 0 Å². The Balaban J connectivity index is 3.14. The number of hydrogen-bond acceptors (Lipinski definition) is 2. The molecule has 0 aromatic carbocycles. The van der Waals surface area contributed by atoms with Crippen LogP contribution in [0.4, 0.5) is 0 Å². The number of hydrogen-bond donors (Lipinski definition) is 0. The van der Waals surface area contributed by atoms with Crippen molar-refractivity contribution in [2.24, 2.45) is 0 Å². The van der Waals surface area contributed by atoms with E-state index in [-0.39, 0.29) is 0 Å². The Labute approximate surface area is 153 Å². The van der Waals surface area contributed by atoms with Crippen LogP contribution in [0.15, 0.2) is 24.4 Å². The van der Waals surface area contributed by atoms with Gasteiger partial charge in [0, 0.05) is 13.7 Å². The molecule has 0 fully saturated rings. The molecule has 0 bridgehead atoms. The zero-order valence-corrected chi connectivity index (χ0v) is 17.6. The van der Waals surface area contributed by atoms with E-state index in [0.717, 1.165) is 13.0 Å². The molecule has 0 radical (unpaired) electrons. The highest BCUT2D eigenvalue weighted by molar-refractivity contribution is 6.50. The smallest absolute Gasteiger partial charge is 0.347 e. The predicted molar refractivity (Wildman–Crippen MR) is 110 cm³/mol. The molecule has 0 aliphatic carbocycles. The summed E-state index contributed by atoms with van der Waals surface area (Å²) in [7, 11) is 0.178. The van der Waals surface area contributed by atoms with Crippen molar-refractivity contribution in [1.82, 2.24) is 0 Å². The van der Waals surface area contributed by atoms with Gasteiger partial charge in [0.15, 0.2) is 0 Å². The van der Waals surface area contributed by atoms with Gasteiger partial charge >= 0.3 is 9.28 Å². The van der Waals surface area contributed by atoms with Gasteiger partial charge in [-0.05, 0) is 32.1 Å². The van der Waals surface area contributed by atoms with Crippen LogP contribution in [0.25, 0.3) is 0 Å². The van der Waals surface area contributed by atoms with Crippen LogP contribution in [0, 0.1) is 0 Å². The summed E-state index contributed by atoms with van der Waals surface area (Å²) in [5.41, 5.74) is 1.83. The first-order valence-corrected chi connectivity index (χ1v) is 11.9. The minimum Gasteiger partial charge on any atom is -0.397 e. The van der Waals surface area contributed by atoms with Gasteiger partial charge < -0.3 is 8.85 Å². The summed E-state index contributed by atoms with van der Waals surface area (Å²) >= 11 is 0. The third-order valence-electron chi connectivity index (χ3n) is 4.36. The van der Waals surface area contributed by atoms with Gasteiger partial charge in [-0.25, -0.2) is 0 Å². The van der Waals surface area contributed by atoms with Crippen LogP contribution >= 0.6 is 0 Å². The third-order valence-corrected chi connectivity index (χ3v) is 5.78. The quantitative estimate of drug-likeness (QED) is 0.147. The highest BCUT2D eigenvalue weighted by Crippen LogP contribution is 2.10. The van der Waals surface area contributed by atoms with Crippen LogP contribution < -0.4 is 0 Å². The summed E-state index contributed by atoms with van der Waals surface area (Å²) < 4.78 is 10.9. The Morgan fingerprint density at radius 3 is 1.75 bits per heavy atom. The second-order valence-corrected chi connectivity index (χ2v) is 8.66. The molecule has 0 N–H and O–H groups in total. The number of allylic oxidation sites excluding steroid dienone is 2. The molecule has 0 rings (SSSR count). The SMILES string of the molecule is C=C[SiH](OC)OCCCCCCCCC=CCCCCCCCC. The molecule has 0 aromatic rings. The number of rotatable bonds is 19. The molecule has 24 heavy (non-hydrogen) atoms. The van der Waals surface area contributed by atoms with E-state index in [1.807, 2.05) is 5.70 Å². The first-order valence-electron chi connectivity index (χ1n) is 10.3. The first kappa shape index (κ1) is 23.6. The van der Waals surface area contributed by atoms with Crippen molar-refractivity contribution in [3.8, 4) is 0 Å². The van der Waals surface area contributed by atoms with Crippen molar-refractivity contribution in [1.29, 1.82) is 0 Å². The monoisotopic (exact) mass is 354 g/mol. The molecule has 0 amide bonds. The molecule has 3 heteroatoms. The molecule has 1 atom stereocenters. The minimum absolute atomic E-state index is 0.831. The highest BCUT2D eigenvalue weighted by Gasteiger charge is 2.04. The molecule has 0 saturated heterocycles. The van der Waals surface area contributed by atoms with E-state index in [1.54, 1.807) is 7.11 Å². The third kappa shape index (κ3) is 18.0. The molecule has 0 aliphatic rings. The second-order valence-electron chi connectivity index (χ2n) is 6.65. The van der Waals surface area contributed by atoms with Gasteiger partial charge in [-0.2, -0.15) is 0 Å². The van der Waals surface area contributed by atoms with Crippen molar-refractivity contribution in [2.45, 2.75) is 96.8 Å². The Bertz CT molecular complexity index is 279. The zero-order chi connectivity index (χ0) is 17.7. The molecule has 0 spiro atoms. The van der Waals surface area contributed by atoms with Crippen molar-refractivity contribution < 1.29 is 8.85 Å². The van der Waals surface area contributed by atoms with Crippen molar-refractivity contribution in [3.05, 3.63) is 24.4 Å². The highest BCUT2D eigenvalue weighted by atomic mass is 28.3. The average Bonchev–Trinajstić information content (AvgIpc) is 2.61. The van der Waals surface area contributed by atoms with Crippen LogP contribution in [0.3, 0.4) is 0 Å². The van der Waals surface area contributed by atoms with Gasteiger partial charge in [-0.1, -0.05) is 82.6 Å². The minimum atomic E-state index is -1.53. The second kappa shape index (κ2) is 20.7. The van der Waals surface area contributed by atoms with Crippen LogP contribution in [-0.2, 0) is 8.85 Å². The standard InChI is InChI=1S/C21H42O2Si/c1-4-6-7-8-9-10-11-12-13-14-15-16-17-18-19-20-21-23-24(5-2)22-3/h5,12-13,24H,2,4,6-11,14-21H2,1,3H3. The van der Waals surface area contributed by atoms with Gasteiger partial charge in [0.1, 0.15) is 0 Å². The van der Waals surface area contributed by atoms with E-state index < -0.39 is 9.28 Å². The van der Waals surface area contributed by atoms with Gasteiger partial charge in [0.05, 0.1) is 0 Å². The maximum Gasteiger partial charge on any atom is 0.347 e. The lowest BCUT2D eigenvalue weighted by Gasteiger charge is -2.09. The van der Waals surface area contributed by atoms with Crippen molar-refractivity contribution in [2.75, 3.05) is 13.7 Å². The molecule has 0 aromatic heterocycles. The normalized spacial score (nSPS) is 12.8. The maximum atomic E-state index is 5.65. The van der Waals surface area contributed by atoms with E-state index in [2.05, 4.69) is 25.7 Å². The molecule has 0 saturated carbocycles. The molecule has 0 aliphatic heterocycles. The fourth-order valence-corrected chi connectivity index (χ4v) is 3.64. The summed E-state index contributed by atoms with van der Waals surface area (Å²) in [4.78, 5) is 0. The lowest BCUT2D eigenvalue weighted by molar-refractivity contribution is 0.233.